The topological polar surface area (TPSA) is 221 Å². The number of carboxylic acids is 1. The largest absolute Gasteiger partial charge is 0.489 e. The lowest BCUT2D eigenvalue weighted by Crippen LogP contribution is -2.57. The molecule has 0 saturated carbocycles. The minimum absolute atomic E-state index is 0.0196. The van der Waals surface area contributed by atoms with Gasteiger partial charge < -0.3 is 35.8 Å². The van der Waals surface area contributed by atoms with Crippen LogP contribution in [0, 0.1) is 5.92 Å². The highest BCUT2D eigenvalue weighted by molar-refractivity contribution is 5.95. The lowest BCUT2D eigenvalue weighted by molar-refractivity contribution is -0.141. The van der Waals surface area contributed by atoms with Gasteiger partial charge >= 0.3 is 5.97 Å². The molecular weight excluding hydrogens is 610 g/mol. The van der Waals surface area contributed by atoms with Crippen molar-refractivity contribution in [3.8, 4) is 5.75 Å². The normalized spacial score (nSPS) is 12.5. The lowest BCUT2D eigenvalue weighted by Gasteiger charge is -2.26. The molecule has 3 atom stereocenters. The highest BCUT2D eigenvalue weighted by atomic mass is 16.5. The number of benzene rings is 2. The first-order valence-electron chi connectivity index (χ1n) is 15.2. The van der Waals surface area contributed by atoms with Crippen molar-refractivity contribution in [1.29, 1.82) is 0 Å². The van der Waals surface area contributed by atoms with Crippen LogP contribution in [-0.2, 0) is 41.7 Å². The quantitative estimate of drug-likeness (QED) is 0.0580. The van der Waals surface area contributed by atoms with Crippen molar-refractivity contribution >= 4 is 29.6 Å². The molecule has 0 radical (unpaired) electrons. The van der Waals surface area contributed by atoms with Gasteiger partial charge in [-0.3, -0.25) is 24.0 Å². The summed E-state index contributed by atoms with van der Waals surface area (Å²) in [5.74, 6) is -3.32. The van der Waals surface area contributed by atoms with Crippen LogP contribution in [0.5, 0.6) is 5.75 Å². The number of ether oxygens (including phenoxy) is 2. The SMILES string of the molecule is CC(=O)N[C@@H](Cc1ccc(OCc2ccccc2)cc1)C(=O)N[C@H](CC(C)C)C(=O)N[C@@H](CC(=O)O)C(=O)NCCOCCN=[N+]=[N-]. The molecule has 15 nitrogen and oxygen atoms in total. The second-order valence-corrected chi connectivity index (χ2v) is 11.1. The van der Waals surface area contributed by atoms with Crippen molar-refractivity contribution in [3.63, 3.8) is 0 Å². The number of hydrogen-bond donors (Lipinski definition) is 5. The lowest BCUT2D eigenvalue weighted by atomic mass is 10.0. The number of rotatable bonds is 21. The van der Waals surface area contributed by atoms with Gasteiger partial charge in [-0.1, -0.05) is 61.4 Å². The van der Waals surface area contributed by atoms with E-state index in [0.717, 1.165) is 11.1 Å². The molecule has 0 bridgehead atoms. The molecule has 2 aromatic rings. The van der Waals surface area contributed by atoms with Crippen molar-refractivity contribution in [2.24, 2.45) is 11.0 Å². The molecule has 5 N–H and O–H groups in total. The summed E-state index contributed by atoms with van der Waals surface area (Å²) in [6.45, 7) is 5.68. The molecule has 0 heterocycles. The number of amides is 4. The van der Waals surface area contributed by atoms with E-state index >= 15 is 0 Å². The first kappa shape index (κ1) is 38.0. The number of aliphatic carboxylic acids is 1. The van der Waals surface area contributed by atoms with Crippen LogP contribution in [0.15, 0.2) is 59.7 Å². The van der Waals surface area contributed by atoms with E-state index in [1.165, 1.54) is 6.92 Å². The molecule has 0 aliphatic rings. The Bertz CT molecular complexity index is 1370. The maximum Gasteiger partial charge on any atom is 0.305 e. The summed E-state index contributed by atoms with van der Waals surface area (Å²) in [5, 5.41) is 22.9. The number of carbonyl (C=O) groups excluding carboxylic acids is 4. The summed E-state index contributed by atoms with van der Waals surface area (Å²) in [4.78, 5) is 65.6. The van der Waals surface area contributed by atoms with Gasteiger partial charge in [0.05, 0.1) is 19.6 Å². The van der Waals surface area contributed by atoms with Crippen molar-refractivity contribution in [3.05, 3.63) is 76.2 Å². The van der Waals surface area contributed by atoms with Gasteiger partial charge in [0, 0.05) is 31.3 Å². The maximum atomic E-state index is 13.4. The summed E-state index contributed by atoms with van der Waals surface area (Å²) < 4.78 is 11.0. The third-order valence-corrected chi connectivity index (χ3v) is 6.60. The average Bonchev–Trinajstić information content (AvgIpc) is 3.02. The third-order valence-electron chi connectivity index (χ3n) is 6.60. The Kier molecular flexibility index (Phi) is 16.8. The van der Waals surface area contributed by atoms with Crippen molar-refractivity contribution < 1.29 is 38.6 Å². The minimum atomic E-state index is -1.43. The Balaban J connectivity index is 2.06. The minimum Gasteiger partial charge on any atom is -0.489 e. The van der Waals surface area contributed by atoms with Crippen LogP contribution in [0.2, 0.25) is 0 Å². The highest BCUT2D eigenvalue weighted by Gasteiger charge is 2.31. The third kappa shape index (κ3) is 15.6. The zero-order valence-corrected chi connectivity index (χ0v) is 26.8. The van der Waals surface area contributed by atoms with E-state index in [1.807, 2.05) is 44.2 Å². The molecule has 0 aliphatic heterocycles. The van der Waals surface area contributed by atoms with E-state index in [2.05, 4.69) is 31.3 Å². The summed E-state index contributed by atoms with van der Waals surface area (Å²) in [7, 11) is 0. The summed E-state index contributed by atoms with van der Waals surface area (Å²) >= 11 is 0. The highest BCUT2D eigenvalue weighted by Crippen LogP contribution is 2.16. The van der Waals surface area contributed by atoms with Crippen molar-refractivity contribution in [2.75, 3.05) is 26.3 Å². The van der Waals surface area contributed by atoms with E-state index in [-0.39, 0.29) is 45.1 Å². The zero-order valence-electron chi connectivity index (χ0n) is 26.8. The summed E-state index contributed by atoms with van der Waals surface area (Å²) in [5.41, 5.74) is 10.0. The molecule has 0 aromatic heterocycles. The Morgan fingerprint density at radius 1 is 0.851 bits per heavy atom. The van der Waals surface area contributed by atoms with E-state index in [1.54, 1.807) is 24.3 Å². The Morgan fingerprint density at radius 2 is 1.51 bits per heavy atom. The van der Waals surface area contributed by atoms with Gasteiger partial charge in [0.25, 0.3) is 0 Å². The number of carbonyl (C=O) groups is 5. The molecule has 254 valence electrons. The van der Waals surface area contributed by atoms with Crippen LogP contribution in [0.25, 0.3) is 10.4 Å². The zero-order chi connectivity index (χ0) is 34.6. The monoisotopic (exact) mass is 653 g/mol. The number of hydrogen-bond acceptors (Lipinski definition) is 8. The number of azide groups is 1. The molecule has 15 heteroatoms. The van der Waals surface area contributed by atoms with Gasteiger partial charge in [0.1, 0.15) is 30.5 Å². The fourth-order valence-electron chi connectivity index (χ4n) is 4.41. The number of nitrogens with one attached hydrogen (secondary N) is 4. The van der Waals surface area contributed by atoms with Gasteiger partial charge in [0.2, 0.25) is 23.6 Å². The van der Waals surface area contributed by atoms with Crippen LogP contribution in [0.3, 0.4) is 0 Å². The van der Waals surface area contributed by atoms with Gasteiger partial charge in [-0.15, -0.1) is 0 Å². The average molecular weight is 654 g/mol. The fraction of sp³-hybridized carbons (Fsp3) is 0.469. The van der Waals surface area contributed by atoms with Gasteiger partial charge in [-0.05, 0) is 41.1 Å². The van der Waals surface area contributed by atoms with Crippen LogP contribution in [-0.4, -0.2) is 79.1 Å². The Labute approximate surface area is 273 Å². The first-order chi connectivity index (χ1) is 22.5. The molecule has 0 spiro atoms. The van der Waals surface area contributed by atoms with Crippen LogP contribution >= 0.6 is 0 Å². The molecule has 0 fully saturated rings. The second kappa shape index (κ2) is 20.8. The Hall–Kier alpha value is -5.14. The number of carboxylic acid groups (broad SMARTS) is 1. The van der Waals surface area contributed by atoms with E-state index in [9.17, 15) is 29.1 Å². The Morgan fingerprint density at radius 3 is 2.13 bits per heavy atom. The fourth-order valence-corrected chi connectivity index (χ4v) is 4.41. The summed E-state index contributed by atoms with van der Waals surface area (Å²) in [6, 6.07) is 13.2. The molecule has 0 unspecified atom stereocenters. The molecule has 4 amide bonds. The van der Waals surface area contributed by atoms with Gasteiger partial charge in [-0.25, -0.2) is 0 Å². The van der Waals surface area contributed by atoms with Crippen molar-refractivity contribution in [1.82, 2.24) is 21.3 Å². The maximum absolute atomic E-state index is 13.4. The standard InChI is InChI=1S/C32H43N7O8/c1-21(2)17-26(31(44)38-28(19-29(41)42)30(43)34-13-15-46-16-14-35-39-33)37-32(45)27(36-22(3)40)18-23-9-11-25(12-10-23)47-20-24-7-5-4-6-8-24/h4-12,21,26-28H,13-20H2,1-3H3,(H,34,43)(H,36,40)(H,37,45)(H,38,44)(H,41,42)/t26-,27+,28+/m1/s1. The first-order valence-corrected chi connectivity index (χ1v) is 15.2. The molecule has 2 aromatic carbocycles. The number of nitrogens with zero attached hydrogens (tertiary/aromatic N) is 3. The smallest absolute Gasteiger partial charge is 0.305 e. The molecule has 47 heavy (non-hydrogen) atoms. The predicted molar refractivity (Wildman–Crippen MR) is 172 cm³/mol. The van der Waals surface area contributed by atoms with Crippen LogP contribution in [0.4, 0.5) is 0 Å². The molecule has 2 rings (SSSR count). The van der Waals surface area contributed by atoms with Crippen LogP contribution in [0.1, 0.15) is 44.7 Å². The van der Waals surface area contributed by atoms with E-state index < -0.39 is 54.1 Å². The summed E-state index contributed by atoms with van der Waals surface area (Å²) in [6.07, 6.45) is -0.398. The van der Waals surface area contributed by atoms with Crippen molar-refractivity contribution in [2.45, 2.75) is 64.8 Å². The van der Waals surface area contributed by atoms with Gasteiger partial charge in [0.15, 0.2) is 0 Å². The van der Waals surface area contributed by atoms with E-state index in [4.69, 9.17) is 15.0 Å². The molecular formula is C32H43N7O8. The molecule has 0 aliphatic carbocycles. The predicted octanol–water partition coefficient (Wildman–Crippen LogP) is 2.25. The van der Waals surface area contributed by atoms with E-state index in [0.29, 0.717) is 12.4 Å². The van der Waals surface area contributed by atoms with Gasteiger partial charge in [-0.2, -0.15) is 0 Å². The second-order valence-electron chi connectivity index (χ2n) is 11.1. The molecule has 0 saturated heterocycles. The van der Waals surface area contributed by atoms with Crippen LogP contribution < -0.4 is 26.0 Å².